The highest BCUT2D eigenvalue weighted by Crippen LogP contribution is 2.14. The highest BCUT2D eigenvalue weighted by atomic mass is 16.6. The molecule has 1 unspecified atom stereocenters. The molecule has 0 amide bonds. The van der Waals surface area contributed by atoms with Crippen LogP contribution in [0.2, 0.25) is 0 Å². The quantitative estimate of drug-likeness (QED) is 0.722. The largest absolute Gasteiger partial charge is 0.494 e. The molecule has 2 nitrogen and oxygen atoms in total. The summed E-state index contributed by atoms with van der Waals surface area (Å²) in [4.78, 5) is 0. The fraction of sp³-hybridized carbons (Fsp3) is 0.538. The van der Waals surface area contributed by atoms with Crippen molar-refractivity contribution >= 4 is 12.6 Å². The topological polar surface area (TPSA) is 18.5 Å². The first-order valence-electron chi connectivity index (χ1n) is 6.13. The zero-order valence-corrected chi connectivity index (χ0v) is 10.1. The minimum atomic E-state index is -0.151. The Morgan fingerprint density at radius 3 is 3.06 bits per heavy atom. The number of hydrogen-bond acceptors (Lipinski definition) is 2. The fourth-order valence-corrected chi connectivity index (χ4v) is 2.02. The highest BCUT2D eigenvalue weighted by Gasteiger charge is 2.32. The molecule has 2 rings (SSSR count). The molecule has 1 fully saturated rings. The van der Waals surface area contributed by atoms with Crippen LogP contribution in [0.15, 0.2) is 24.3 Å². The number of benzene rings is 1. The molecule has 86 valence electrons. The van der Waals surface area contributed by atoms with Crippen LogP contribution in [-0.4, -0.2) is 19.8 Å². The zero-order valence-electron chi connectivity index (χ0n) is 10.1. The zero-order chi connectivity index (χ0) is 11.4. The molecule has 1 aromatic rings. The molecule has 1 aliphatic heterocycles. The first-order chi connectivity index (χ1) is 7.79. The van der Waals surface area contributed by atoms with Crippen LogP contribution < -0.4 is 5.46 Å². The van der Waals surface area contributed by atoms with E-state index in [9.17, 15) is 0 Å². The van der Waals surface area contributed by atoms with Crippen molar-refractivity contribution in [3.05, 3.63) is 29.8 Å². The lowest BCUT2D eigenvalue weighted by Crippen LogP contribution is -2.32. The van der Waals surface area contributed by atoms with Gasteiger partial charge >= 0.3 is 7.12 Å². The van der Waals surface area contributed by atoms with Crippen LogP contribution in [0, 0.1) is 6.92 Å². The van der Waals surface area contributed by atoms with Crippen LogP contribution in [0.4, 0.5) is 0 Å². The molecule has 0 N–H and O–H groups in total. The second kappa shape index (κ2) is 5.51. The van der Waals surface area contributed by atoms with E-state index in [-0.39, 0.29) is 13.2 Å². The highest BCUT2D eigenvalue weighted by molar-refractivity contribution is 6.61. The van der Waals surface area contributed by atoms with E-state index in [4.69, 9.17) is 9.31 Å². The second-order valence-corrected chi connectivity index (χ2v) is 4.48. The van der Waals surface area contributed by atoms with Crippen molar-refractivity contribution in [2.45, 2.75) is 39.2 Å². The third-order valence-corrected chi connectivity index (χ3v) is 2.94. The van der Waals surface area contributed by atoms with Crippen molar-refractivity contribution in [1.29, 1.82) is 0 Å². The SMILES string of the molecule is CCCCC1COB(c2cccc(C)c2)O1. The molecule has 0 saturated carbocycles. The van der Waals surface area contributed by atoms with E-state index in [1.165, 1.54) is 18.4 Å². The van der Waals surface area contributed by atoms with Gasteiger partial charge in [0.05, 0.1) is 12.7 Å². The smallest absolute Gasteiger partial charge is 0.405 e. The lowest BCUT2D eigenvalue weighted by Gasteiger charge is -2.08. The molecular formula is C13H19BO2. The van der Waals surface area contributed by atoms with E-state index >= 15 is 0 Å². The van der Waals surface area contributed by atoms with Gasteiger partial charge in [0, 0.05) is 0 Å². The van der Waals surface area contributed by atoms with Gasteiger partial charge in [-0.3, -0.25) is 0 Å². The summed E-state index contributed by atoms with van der Waals surface area (Å²) in [5.41, 5.74) is 2.39. The molecule has 1 aliphatic rings. The van der Waals surface area contributed by atoms with E-state index in [0.29, 0.717) is 0 Å². The maximum atomic E-state index is 5.88. The number of unbranched alkanes of at least 4 members (excludes halogenated alkanes) is 1. The first kappa shape index (κ1) is 11.7. The van der Waals surface area contributed by atoms with Gasteiger partial charge in [0.15, 0.2) is 0 Å². The van der Waals surface area contributed by atoms with Gasteiger partial charge < -0.3 is 9.31 Å². The summed E-state index contributed by atoms with van der Waals surface area (Å²) in [6.07, 6.45) is 3.83. The Balaban J connectivity index is 1.93. The Labute approximate surface area is 98.1 Å². The average Bonchev–Trinajstić information content (AvgIpc) is 2.75. The third kappa shape index (κ3) is 2.86. The molecule has 1 heterocycles. The molecule has 0 aromatic heterocycles. The fourth-order valence-electron chi connectivity index (χ4n) is 2.02. The van der Waals surface area contributed by atoms with Crippen molar-refractivity contribution in [3.8, 4) is 0 Å². The molecule has 3 heteroatoms. The Kier molecular flexibility index (Phi) is 4.02. The standard InChI is InChI=1S/C13H19BO2/c1-3-4-8-13-10-15-14(16-13)12-7-5-6-11(2)9-12/h5-7,9,13H,3-4,8,10H2,1-2H3. The number of aryl methyl sites for hydroxylation is 1. The van der Waals surface area contributed by atoms with E-state index in [1.807, 2.05) is 0 Å². The Morgan fingerprint density at radius 1 is 1.44 bits per heavy atom. The lowest BCUT2D eigenvalue weighted by molar-refractivity contribution is 0.219. The van der Waals surface area contributed by atoms with Gasteiger partial charge in [-0.15, -0.1) is 0 Å². The third-order valence-electron chi connectivity index (χ3n) is 2.94. The van der Waals surface area contributed by atoms with Crippen LogP contribution in [0.5, 0.6) is 0 Å². The summed E-state index contributed by atoms with van der Waals surface area (Å²) < 4.78 is 11.6. The molecule has 0 radical (unpaired) electrons. The van der Waals surface area contributed by atoms with Crippen molar-refractivity contribution in [2.75, 3.05) is 6.61 Å². The van der Waals surface area contributed by atoms with Gasteiger partial charge in [-0.25, -0.2) is 0 Å². The first-order valence-corrected chi connectivity index (χ1v) is 6.13. The van der Waals surface area contributed by atoms with Crippen molar-refractivity contribution in [1.82, 2.24) is 0 Å². The van der Waals surface area contributed by atoms with Gasteiger partial charge in [-0.2, -0.15) is 0 Å². The molecule has 0 aliphatic carbocycles. The van der Waals surface area contributed by atoms with Gasteiger partial charge in [0.25, 0.3) is 0 Å². The summed E-state index contributed by atoms with van der Waals surface area (Å²) in [7, 11) is -0.151. The molecule has 1 atom stereocenters. The lowest BCUT2D eigenvalue weighted by atomic mass is 9.79. The minimum absolute atomic E-state index is 0.151. The minimum Gasteiger partial charge on any atom is -0.405 e. The van der Waals surface area contributed by atoms with Crippen LogP contribution in [0.3, 0.4) is 0 Å². The molecule has 16 heavy (non-hydrogen) atoms. The molecule has 1 saturated heterocycles. The van der Waals surface area contributed by atoms with Crippen LogP contribution >= 0.6 is 0 Å². The molecule has 0 bridgehead atoms. The van der Waals surface area contributed by atoms with Gasteiger partial charge in [-0.05, 0) is 18.8 Å². The van der Waals surface area contributed by atoms with Gasteiger partial charge in [-0.1, -0.05) is 49.6 Å². The van der Waals surface area contributed by atoms with Crippen molar-refractivity contribution in [3.63, 3.8) is 0 Å². The predicted octanol–water partition coefficient (Wildman–Crippen LogP) is 2.30. The molecule has 0 spiro atoms. The summed E-state index contributed by atoms with van der Waals surface area (Å²) in [5, 5.41) is 0. The summed E-state index contributed by atoms with van der Waals surface area (Å²) in [6.45, 7) is 5.03. The second-order valence-electron chi connectivity index (χ2n) is 4.48. The van der Waals surface area contributed by atoms with Crippen LogP contribution in [0.25, 0.3) is 0 Å². The predicted molar refractivity (Wildman–Crippen MR) is 66.9 cm³/mol. The van der Waals surface area contributed by atoms with Gasteiger partial charge in [0.2, 0.25) is 0 Å². The Hall–Kier alpha value is -0.795. The summed E-state index contributed by atoms with van der Waals surface area (Å²) >= 11 is 0. The Bertz CT molecular complexity index is 340. The van der Waals surface area contributed by atoms with Crippen LogP contribution in [-0.2, 0) is 9.31 Å². The maximum Gasteiger partial charge on any atom is 0.494 e. The average molecular weight is 218 g/mol. The van der Waals surface area contributed by atoms with Crippen LogP contribution in [0.1, 0.15) is 31.7 Å². The van der Waals surface area contributed by atoms with E-state index in [1.54, 1.807) is 0 Å². The molecule has 1 aromatic carbocycles. The monoisotopic (exact) mass is 218 g/mol. The van der Waals surface area contributed by atoms with E-state index < -0.39 is 0 Å². The summed E-state index contributed by atoms with van der Waals surface area (Å²) in [6, 6.07) is 8.34. The Morgan fingerprint density at radius 2 is 2.31 bits per heavy atom. The van der Waals surface area contributed by atoms with Crippen molar-refractivity contribution < 1.29 is 9.31 Å². The summed E-state index contributed by atoms with van der Waals surface area (Å²) in [5.74, 6) is 0. The number of hydrogen-bond donors (Lipinski definition) is 0. The maximum absolute atomic E-state index is 5.88. The molecular weight excluding hydrogens is 199 g/mol. The van der Waals surface area contributed by atoms with Gasteiger partial charge in [0.1, 0.15) is 0 Å². The van der Waals surface area contributed by atoms with E-state index in [0.717, 1.165) is 18.5 Å². The normalized spacial score (nSPS) is 20.4. The number of rotatable bonds is 4. The van der Waals surface area contributed by atoms with Crippen molar-refractivity contribution in [2.24, 2.45) is 0 Å². The van der Waals surface area contributed by atoms with E-state index in [2.05, 4.69) is 38.1 Å².